The summed E-state index contributed by atoms with van der Waals surface area (Å²) in [4.78, 5) is 14.7. The molecular formula is C16H32N2O. The van der Waals surface area contributed by atoms with Gasteiger partial charge < -0.3 is 10.2 Å². The molecule has 1 fully saturated rings. The van der Waals surface area contributed by atoms with Gasteiger partial charge in [-0.2, -0.15) is 0 Å². The molecule has 1 aliphatic rings. The monoisotopic (exact) mass is 268 g/mol. The molecular weight excluding hydrogens is 236 g/mol. The predicted octanol–water partition coefficient (Wildman–Crippen LogP) is 3.19. The van der Waals surface area contributed by atoms with Crippen LogP contribution in [0.1, 0.15) is 66.2 Å². The summed E-state index contributed by atoms with van der Waals surface area (Å²) < 4.78 is 0. The Bertz CT molecular complexity index is 259. The molecule has 112 valence electrons. The Balaban J connectivity index is 2.52. The number of hydrogen-bond acceptors (Lipinski definition) is 2. The fraction of sp³-hybridized carbons (Fsp3) is 0.938. The normalized spacial score (nSPS) is 17.9. The first-order valence-electron chi connectivity index (χ1n) is 8.07. The van der Waals surface area contributed by atoms with E-state index in [0.717, 1.165) is 19.5 Å². The van der Waals surface area contributed by atoms with Gasteiger partial charge in [0.25, 0.3) is 0 Å². The molecule has 0 radical (unpaired) electrons. The van der Waals surface area contributed by atoms with Crippen LogP contribution in [0.5, 0.6) is 0 Å². The van der Waals surface area contributed by atoms with Crippen molar-refractivity contribution in [2.45, 2.75) is 78.3 Å². The van der Waals surface area contributed by atoms with Crippen LogP contribution in [0, 0.1) is 5.92 Å². The molecule has 1 rings (SSSR count). The van der Waals surface area contributed by atoms with Crippen molar-refractivity contribution in [2.75, 3.05) is 13.1 Å². The molecule has 1 aliphatic carbocycles. The van der Waals surface area contributed by atoms with Crippen LogP contribution >= 0.6 is 0 Å². The highest BCUT2D eigenvalue weighted by molar-refractivity contribution is 5.77. The standard InChI is InChI=1S/C16H32N2O/c1-5-17-14(4)12-16(19)18(11-10-13(2)3)15-8-6-7-9-15/h13-15,17H,5-12H2,1-4H3. The van der Waals surface area contributed by atoms with Crippen molar-refractivity contribution < 1.29 is 4.79 Å². The molecule has 0 aromatic rings. The van der Waals surface area contributed by atoms with Gasteiger partial charge >= 0.3 is 0 Å². The average Bonchev–Trinajstić information content (AvgIpc) is 2.82. The zero-order chi connectivity index (χ0) is 14.3. The summed E-state index contributed by atoms with van der Waals surface area (Å²) in [6.07, 6.45) is 6.76. The number of carbonyl (C=O) groups is 1. The van der Waals surface area contributed by atoms with Gasteiger partial charge in [-0.05, 0) is 38.6 Å². The number of carbonyl (C=O) groups excluding carboxylic acids is 1. The third kappa shape index (κ3) is 5.94. The molecule has 1 saturated carbocycles. The highest BCUT2D eigenvalue weighted by Gasteiger charge is 2.27. The number of rotatable bonds is 8. The van der Waals surface area contributed by atoms with E-state index in [-0.39, 0.29) is 0 Å². The summed E-state index contributed by atoms with van der Waals surface area (Å²) in [7, 11) is 0. The molecule has 0 aromatic heterocycles. The van der Waals surface area contributed by atoms with Crippen molar-refractivity contribution in [3.05, 3.63) is 0 Å². The van der Waals surface area contributed by atoms with Gasteiger partial charge in [-0.25, -0.2) is 0 Å². The van der Waals surface area contributed by atoms with Crippen LogP contribution in [0.2, 0.25) is 0 Å². The van der Waals surface area contributed by atoms with Crippen LogP contribution in [-0.2, 0) is 4.79 Å². The molecule has 3 heteroatoms. The van der Waals surface area contributed by atoms with E-state index in [1.807, 2.05) is 0 Å². The SMILES string of the molecule is CCNC(C)CC(=O)N(CCC(C)C)C1CCCC1. The van der Waals surface area contributed by atoms with E-state index < -0.39 is 0 Å². The lowest BCUT2D eigenvalue weighted by atomic mass is 10.1. The lowest BCUT2D eigenvalue weighted by molar-refractivity contribution is -0.134. The second kappa shape index (κ2) is 8.57. The Morgan fingerprint density at radius 3 is 2.42 bits per heavy atom. The Kier molecular flexibility index (Phi) is 7.44. The largest absolute Gasteiger partial charge is 0.340 e. The second-order valence-electron chi connectivity index (χ2n) is 6.37. The molecule has 19 heavy (non-hydrogen) atoms. The third-order valence-electron chi connectivity index (χ3n) is 4.07. The fourth-order valence-electron chi connectivity index (χ4n) is 2.92. The minimum absolute atomic E-state index is 0.292. The van der Waals surface area contributed by atoms with Gasteiger partial charge in [-0.1, -0.05) is 33.6 Å². The van der Waals surface area contributed by atoms with Crippen LogP contribution in [0.15, 0.2) is 0 Å². The van der Waals surface area contributed by atoms with E-state index >= 15 is 0 Å². The summed E-state index contributed by atoms with van der Waals surface area (Å²) >= 11 is 0. The molecule has 0 saturated heterocycles. The third-order valence-corrected chi connectivity index (χ3v) is 4.07. The van der Waals surface area contributed by atoms with E-state index in [4.69, 9.17) is 0 Å². The van der Waals surface area contributed by atoms with Gasteiger partial charge in [-0.15, -0.1) is 0 Å². The summed E-state index contributed by atoms with van der Waals surface area (Å²) in [6, 6.07) is 0.806. The van der Waals surface area contributed by atoms with Gasteiger partial charge in [0, 0.05) is 25.0 Å². The summed E-state index contributed by atoms with van der Waals surface area (Å²) in [5, 5.41) is 3.34. The number of hydrogen-bond donors (Lipinski definition) is 1. The summed E-state index contributed by atoms with van der Waals surface area (Å²) in [5.41, 5.74) is 0. The van der Waals surface area contributed by atoms with Crippen molar-refractivity contribution in [2.24, 2.45) is 5.92 Å². The lowest BCUT2D eigenvalue weighted by Crippen LogP contribution is -2.42. The van der Waals surface area contributed by atoms with Crippen molar-refractivity contribution in [3.63, 3.8) is 0 Å². The van der Waals surface area contributed by atoms with E-state index in [1.165, 1.54) is 25.7 Å². The molecule has 1 atom stereocenters. The van der Waals surface area contributed by atoms with E-state index in [0.29, 0.717) is 30.3 Å². The van der Waals surface area contributed by atoms with E-state index in [1.54, 1.807) is 0 Å². The molecule has 0 heterocycles. The van der Waals surface area contributed by atoms with Crippen molar-refractivity contribution >= 4 is 5.91 Å². The zero-order valence-electron chi connectivity index (χ0n) is 13.2. The molecule has 0 spiro atoms. The first kappa shape index (κ1) is 16.5. The fourth-order valence-corrected chi connectivity index (χ4v) is 2.92. The maximum atomic E-state index is 12.5. The van der Waals surface area contributed by atoms with Gasteiger partial charge in [0.1, 0.15) is 0 Å². The van der Waals surface area contributed by atoms with Gasteiger partial charge in [0.2, 0.25) is 5.91 Å². The first-order chi connectivity index (χ1) is 9.04. The van der Waals surface area contributed by atoms with Gasteiger partial charge in [0.05, 0.1) is 0 Å². The molecule has 1 amide bonds. The van der Waals surface area contributed by atoms with Gasteiger partial charge in [-0.3, -0.25) is 4.79 Å². The van der Waals surface area contributed by atoms with Crippen LogP contribution in [0.3, 0.4) is 0 Å². The maximum Gasteiger partial charge on any atom is 0.224 e. The van der Waals surface area contributed by atoms with Crippen molar-refractivity contribution in [1.82, 2.24) is 10.2 Å². The maximum absolute atomic E-state index is 12.5. The molecule has 1 unspecified atom stereocenters. The lowest BCUT2D eigenvalue weighted by Gasteiger charge is -2.31. The molecule has 0 aromatic carbocycles. The molecule has 0 bridgehead atoms. The Morgan fingerprint density at radius 1 is 1.26 bits per heavy atom. The van der Waals surface area contributed by atoms with E-state index in [9.17, 15) is 4.79 Å². The molecule has 0 aliphatic heterocycles. The highest BCUT2D eigenvalue weighted by atomic mass is 16.2. The van der Waals surface area contributed by atoms with E-state index in [2.05, 4.69) is 37.9 Å². The minimum Gasteiger partial charge on any atom is -0.340 e. The Labute approximate surface area is 119 Å². The minimum atomic E-state index is 0.292. The number of nitrogens with one attached hydrogen (secondary N) is 1. The summed E-state index contributed by atoms with van der Waals surface area (Å²) in [5.74, 6) is 1.02. The topological polar surface area (TPSA) is 32.3 Å². The van der Waals surface area contributed by atoms with Crippen LogP contribution in [0.4, 0.5) is 0 Å². The average molecular weight is 268 g/mol. The van der Waals surface area contributed by atoms with Crippen molar-refractivity contribution in [1.29, 1.82) is 0 Å². The number of amides is 1. The van der Waals surface area contributed by atoms with Crippen LogP contribution in [0.25, 0.3) is 0 Å². The first-order valence-corrected chi connectivity index (χ1v) is 8.07. The van der Waals surface area contributed by atoms with Crippen molar-refractivity contribution in [3.8, 4) is 0 Å². The molecule has 1 N–H and O–H groups in total. The Hall–Kier alpha value is -0.570. The predicted molar refractivity (Wildman–Crippen MR) is 81.2 cm³/mol. The smallest absolute Gasteiger partial charge is 0.224 e. The highest BCUT2D eigenvalue weighted by Crippen LogP contribution is 2.25. The summed E-state index contributed by atoms with van der Waals surface area (Å²) in [6.45, 7) is 10.5. The van der Waals surface area contributed by atoms with Crippen LogP contribution < -0.4 is 5.32 Å². The second-order valence-corrected chi connectivity index (χ2v) is 6.37. The zero-order valence-corrected chi connectivity index (χ0v) is 13.2. The number of nitrogens with zero attached hydrogens (tertiary/aromatic N) is 1. The quantitative estimate of drug-likeness (QED) is 0.733. The molecule has 3 nitrogen and oxygen atoms in total. The van der Waals surface area contributed by atoms with Crippen LogP contribution in [-0.4, -0.2) is 36.0 Å². The van der Waals surface area contributed by atoms with Gasteiger partial charge in [0.15, 0.2) is 0 Å². The Morgan fingerprint density at radius 2 is 1.89 bits per heavy atom.